The molecule has 6 heteroatoms. The summed E-state index contributed by atoms with van der Waals surface area (Å²) in [5.74, 6) is -0.896. The van der Waals surface area contributed by atoms with Crippen LogP contribution in [0.25, 0.3) is 0 Å². The summed E-state index contributed by atoms with van der Waals surface area (Å²) in [5.41, 5.74) is 0. The Morgan fingerprint density at radius 2 is 0.656 bits per heavy atom. The molecule has 0 amide bonds. The van der Waals surface area contributed by atoms with E-state index in [2.05, 4.69) is 69.4 Å². The molecule has 0 N–H and O–H groups in total. The SMILES string of the molecule is CC\C=C/C=C\C=C/CCCCCCCC(=O)OCC(COC(=O)CCCCCCCCC/C=C\CCCCCC)OC(=O)CCCCCCCCCCCCCCCCC. The molecule has 0 heterocycles. The number of hydrogen-bond donors (Lipinski definition) is 0. The zero-order valence-corrected chi connectivity index (χ0v) is 40.4. The minimum Gasteiger partial charge on any atom is -0.462 e. The first-order valence-corrected chi connectivity index (χ1v) is 26.2. The van der Waals surface area contributed by atoms with Crippen molar-refractivity contribution in [2.45, 2.75) is 271 Å². The lowest BCUT2D eigenvalue weighted by atomic mass is 10.0. The Bertz CT molecular complexity index is 1070. The Morgan fingerprint density at radius 3 is 1.05 bits per heavy atom. The van der Waals surface area contributed by atoms with E-state index in [0.29, 0.717) is 19.3 Å². The van der Waals surface area contributed by atoms with Gasteiger partial charge in [-0.2, -0.15) is 0 Å². The summed E-state index contributed by atoms with van der Waals surface area (Å²) in [4.78, 5) is 38.0. The van der Waals surface area contributed by atoms with Gasteiger partial charge in [-0.25, -0.2) is 0 Å². The maximum absolute atomic E-state index is 12.8. The van der Waals surface area contributed by atoms with Crippen LogP contribution < -0.4 is 0 Å². The van der Waals surface area contributed by atoms with E-state index in [1.54, 1.807) is 0 Å². The lowest BCUT2D eigenvalue weighted by molar-refractivity contribution is -0.167. The number of rotatable bonds is 47. The molecule has 0 spiro atoms. The van der Waals surface area contributed by atoms with E-state index in [-0.39, 0.29) is 31.1 Å². The van der Waals surface area contributed by atoms with Gasteiger partial charge in [-0.3, -0.25) is 14.4 Å². The molecule has 0 rings (SSSR count). The van der Waals surface area contributed by atoms with Crippen LogP contribution in [0.4, 0.5) is 0 Å². The number of esters is 3. The molecule has 0 fully saturated rings. The number of ether oxygens (including phenoxy) is 3. The van der Waals surface area contributed by atoms with Gasteiger partial charge in [0.2, 0.25) is 0 Å². The van der Waals surface area contributed by atoms with Crippen molar-refractivity contribution < 1.29 is 28.6 Å². The molecule has 61 heavy (non-hydrogen) atoms. The minimum atomic E-state index is -0.779. The molecule has 0 aliphatic carbocycles. The Balaban J connectivity index is 4.38. The van der Waals surface area contributed by atoms with Crippen LogP contribution in [0, 0.1) is 0 Å². The summed E-state index contributed by atoms with van der Waals surface area (Å²) in [6, 6.07) is 0. The molecule has 0 bridgehead atoms. The highest BCUT2D eigenvalue weighted by atomic mass is 16.6. The first-order chi connectivity index (χ1) is 30.0. The third-order valence-corrected chi connectivity index (χ3v) is 11.4. The van der Waals surface area contributed by atoms with Crippen LogP contribution >= 0.6 is 0 Å². The zero-order chi connectivity index (χ0) is 44.4. The predicted molar refractivity (Wildman–Crippen MR) is 261 cm³/mol. The lowest BCUT2D eigenvalue weighted by Gasteiger charge is -2.18. The van der Waals surface area contributed by atoms with E-state index < -0.39 is 6.10 Å². The largest absolute Gasteiger partial charge is 0.462 e. The fraction of sp³-hybridized carbons (Fsp3) is 0.800. The summed E-state index contributed by atoms with van der Waals surface area (Å²) < 4.78 is 16.8. The average Bonchev–Trinajstić information content (AvgIpc) is 3.26. The Kier molecular flexibility index (Phi) is 47.9. The van der Waals surface area contributed by atoms with Crippen LogP contribution in [0.3, 0.4) is 0 Å². The molecule has 0 aromatic rings. The molecule has 0 aliphatic heterocycles. The van der Waals surface area contributed by atoms with Gasteiger partial charge >= 0.3 is 17.9 Å². The quantitative estimate of drug-likeness (QED) is 0.0199. The minimum absolute atomic E-state index is 0.0798. The third-order valence-electron chi connectivity index (χ3n) is 11.4. The molecule has 0 aromatic carbocycles. The number of hydrogen-bond acceptors (Lipinski definition) is 6. The second-order valence-electron chi connectivity index (χ2n) is 17.5. The lowest BCUT2D eigenvalue weighted by Crippen LogP contribution is -2.30. The van der Waals surface area contributed by atoms with Crippen LogP contribution in [0.2, 0.25) is 0 Å². The van der Waals surface area contributed by atoms with Gasteiger partial charge in [0.15, 0.2) is 6.10 Å². The van der Waals surface area contributed by atoms with Gasteiger partial charge in [-0.15, -0.1) is 0 Å². The second kappa shape index (κ2) is 50.0. The number of carbonyl (C=O) groups excluding carboxylic acids is 3. The normalized spacial score (nSPS) is 12.4. The van der Waals surface area contributed by atoms with E-state index in [1.807, 2.05) is 0 Å². The van der Waals surface area contributed by atoms with Gasteiger partial charge in [0.1, 0.15) is 13.2 Å². The van der Waals surface area contributed by atoms with Crippen molar-refractivity contribution in [3.05, 3.63) is 48.6 Å². The van der Waals surface area contributed by atoms with E-state index in [1.165, 1.54) is 141 Å². The van der Waals surface area contributed by atoms with Crippen molar-refractivity contribution in [3.63, 3.8) is 0 Å². The molecule has 354 valence electrons. The second-order valence-corrected chi connectivity index (χ2v) is 17.5. The Hall–Kier alpha value is -2.63. The molecule has 1 unspecified atom stereocenters. The van der Waals surface area contributed by atoms with Gasteiger partial charge in [-0.1, -0.05) is 230 Å². The zero-order valence-electron chi connectivity index (χ0n) is 40.4. The first kappa shape index (κ1) is 58.4. The van der Waals surface area contributed by atoms with Crippen LogP contribution in [0.1, 0.15) is 265 Å². The van der Waals surface area contributed by atoms with E-state index in [0.717, 1.165) is 83.5 Å². The molecule has 6 nitrogen and oxygen atoms in total. The van der Waals surface area contributed by atoms with Crippen LogP contribution in [-0.4, -0.2) is 37.2 Å². The molecule has 1 atom stereocenters. The molecular weight excluding hydrogens is 757 g/mol. The Labute approximate surface area is 378 Å². The van der Waals surface area contributed by atoms with Crippen molar-refractivity contribution in [3.8, 4) is 0 Å². The van der Waals surface area contributed by atoms with E-state index in [9.17, 15) is 14.4 Å². The average molecular weight is 855 g/mol. The molecule has 0 aliphatic rings. The maximum Gasteiger partial charge on any atom is 0.306 e. The summed E-state index contributed by atoms with van der Waals surface area (Å²) in [6.07, 6.45) is 59.5. The molecule has 0 aromatic heterocycles. The third kappa shape index (κ3) is 48.3. The van der Waals surface area contributed by atoms with Crippen LogP contribution in [-0.2, 0) is 28.6 Å². The molecular formula is C55H98O6. The highest BCUT2D eigenvalue weighted by Gasteiger charge is 2.19. The van der Waals surface area contributed by atoms with Gasteiger partial charge < -0.3 is 14.2 Å². The Morgan fingerprint density at radius 1 is 0.344 bits per heavy atom. The molecule has 0 radical (unpaired) electrons. The summed E-state index contributed by atoms with van der Waals surface area (Å²) in [6.45, 7) is 6.49. The van der Waals surface area contributed by atoms with Gasteiger partial charge in [0, 0.05) is 19.3 Å². The smallest absolute Gasteiger partial charge is 0.306 e. The van der Waals surface area contributed by atoms with Crippen LogP contribution in [0.15, 0.2) is 48.6 Å². The first-order valence-electron chi connectivity index (χ1n) is 26.2. The van der Waals surface area contributed by atoms with Gasteiger partial charge in [-0.05, 0) is 64.2 Å². The van der Waals surface area contributed by atoms with E-state index in [4.69, 9.17) is 14.2 Å². The fourth-order valence-corrected chi connectivity index (χ4v) is 7.44. The van der Waals surface area contributed by atoms with Crippen molar-refractivity contribution in [2.24, 2.45) is 0 Å². The van der Waals surface area contributed by atoms with Crippen molar-refractivity contribution in [2.75, 3.05) is 13.2 Å². The highest BCUT2D eigenvalue weighted by Crippen LogP contribution is 2.16. The monoisotopic (exact) mass is 855 g/mol. The summed E-state index contributed by atoms with van der Waals surface area (Å²) in [7, 11) is 0. The maximum atomic E-state index is 12.8. The van der Waals surface area contributed by atoms with Gasteiger partial charge in [0.25, 0.3) is 0 Å². The van der Waals surface area contributed by atoms with Crippen LogP contribution in [0.5, 0.6) is 0 Å². The predicted octanol–water partition coefficient (Wildman–Crippen LogP) is 17.1. The molecule has 0 saturated carbocycles. The van der Waals surface area contributed by atoms with Gasteiger partial charge in [0.05, 0.1) is 0 Å². The van der Waals surface area contributed by atoms with Crippen molar-refractivity contribution >= 4 is 17.9 Å². The standard InChI is InChI=1S/C55H98O6/c1-4-7-10-13-16-19-22-25-27-30-33-36-39-42-45-48-54(57)60-51-52(50-59-53(56)47-44-41-38-35-32-29-24-21-18-15-12-9-6-3)61-55(58)49-46-43-40-37-34-31-28-26-23-20-17-14-11-8-5-2/h9,12,15,18-19,21-22,24,52H,4-8,10-11,13-14,16-17,20,23,25-51H2,1-3H3/b12-9-,18-15-,22-19-,24-21-. The fourth-order valence-electron chi connectivity index (χ4n) is 7.44. The summed E-state index contributed by atoms with van der Waals surface area (Å²) in [5, 5.41) is 0. The van der Waals surface area contributed by atoms with Crippen molar-refractivity contribution in [1.29, 1.82) is 0 Å². The number of carbonyl (C=O) groups is 3. The number of unbranched alkanes of at least 4 members (excludes halogenated alkanes) is 30. The van der Waals surface area contributed by atoms with Crippen molar-refractivity contribution in [1.82, 2.24) is 0 Å². The topological polar surface area (TPSA) is 78.9 Å². The summed E-state index contributed by atoms with van der Waals surface area (Å²) >= 11 is 0. The molecule has 0 saturated heterocycles. The van der Waals surface area contributed by atoms with E-state index >= 15 is 0 Å². The number of allylic oxidation sites excluding steroid dienone is 8. The highest BCUT2D eigenvalue weighted by molar-refractivity contribution is 5.71.